The summed E-state index contributed by atoms with van der Waals surface area (Å²) >= 11 is 0. The highest BCUT2D eigenvalue weighted by atomic mass is 19.3. The largest absolute Gasteiger partial charge is 0.311 e. The van der Waals surface area contributed by atoms with Gasteiger partial charge in [-0.15, -0.1) is 0 Å². The molecule has 0 spiro atoms. The van der Waals surface area contributed by atoms with Crippen LogP contribution in [-0.2, 0) is 12.8 Å². The molecule has 1 aromatic rings. The zero-order valence-electron chi connectivity index (χ0n) is 10.7. The first-order valence-electron chi connectivity index (χ1n) is 5.72. The number of aromatic nitrogens is 1. The molecule has 1 heterocycles. The Morgan fingerprint density at radius 1 is 0.952 bits per heavy atom. The molecule has 0 bridgehead atoms. The summed E-state index contributed by atoms with van der Waals surface area (Å²) in [5.41, 5.74) is -1.30. The number of rotatable bonds is 6. The van der Waals surface area contributed by atoms with E-state index in [0.717, 1.165) is 19.2 Å². The average molecular weight is 321 g/mol. The van der Waals surface area contributed by atoms with E-state index in [4.69, 9.17) is 0 Å². The molecular formula is C12H11F8N. The van der Waals surface area contributed by atoms with Gasteiger partial charge in [-0.05, 0) is 24.1 Å². The molecule has 0 aliphatic rings. The smallest absolute Gasteiger partial charge is 0.261 e. The van der Waals surface area contributed by atoms with Crippen LogP contribution in [0.5, 0.6) is 0 Å². The van der Waals surface area contributed by atoms with E-state index in [2.05, 4.69) is 4.98 Å². The monoisotopic (exact) mass is 321 g/mol. The molecule has 1 nitrogen and oxygen atoms in total. The Hall–Kier alpha value is -1.41. The summed E-state index contributed by atoms with van der Waals surface area (Å²) in [6, 6.07) is 0.847. The number of halogens is 8. The fourth-order valence-corrected chi connectivity index (χ4v) is 1.70. The number of alkyl halides is 8. The van der Waals surface area contributed by atoms with Crippen LogP contribution in [0.15, 0.2) is 12.3 Å². The van der Waals surface area contributed by atoms with Crippen LogP contribution >= 0.6 is 0 Å². The van der Waals surface area contributed by atoms with Crippen LogP contribution in [-0.4, -0.2) is 29.7 Å². The van der Waals surface area contributed by atoms with E-state index in [0.29, 0.717) is 0 Å². The van der Waals surface area contributed by atoms with E-state index >= 15 is 0 Å². The highest BCUT2D eigenvalue weighted by Gasteiger charge is 2.44. The van der Waals surface area contributed by atoms with Crippen molar-refractivity contribution in [2.24, 2.45) is 0 Å². The first-order valence-corrected chi connectivity index (χ1v) is 5.72. The molecule has 0 saturated carbocycles. The van der Waals surface area contributed by atoms with E-state index in [9.17, 15) is 35.1 Å². The van der Waals surface area contributed by atoms with Gasteiger partial charge in [-0.25, -0.2) is 17.6 Å². The Kier molecular flexibility index (Phi) is 5.16. The lowest BCUT2D eigenvalue weighted by molar-refractivity contribution is -0.130. The Balaban J connectivity index is 3.15. The maximum atomic E-state index is 13.1. The van der Waals surface area contributed by atoms with Gasteiger partial charge in [-0.3, -0.25) is 4.98 Å². The highest BCUT2D eigenvalue weighted by Crippen LogP contribution is 2.33. The normalized spacial score (nSPS) is 13.3. The van der Waals surface area contributed by atoms with Crippen LogP contribution in [0.25, 0.3) is 0 Å². The summed E-state index contributed by atoms with van der Waals surface area (Å²) in [5.74, 6) is -8.90. The number of pyridine rings is 1. The van der Waals surface area contributed by atoms with Gasteiger partial charge >= 0.3 is 24.7 Å². The molecule has 0 amide bonds. The Labute approximate surface area is 115 Å². The van der Waals surface area contributed by atoms with Crippen molar-refractivity contribution in [2.45, 2.75) is 44.5 Å². The molecule has 0 aliphatic carbocycles. The summed E-state index contributed by atoms with van der Waals surface area (Å²) in [7, 11) is 0. The second-order valence-corrected chi connectivity index (χ2v) is 4.51. The van der Waals surface area contributed by atoms with Gasteiger partial charge in [0.05, 0.1) is 0 Å². The average Bonchev–Trinajstić information content (AvgIpc) is 2.32. The fourth-order valence-electron chi connectivity index (χ4n) is 1.70. The molecule has 0 radical (unpaired) electrons. The summed E-state index contributed by atoms with van der Waals surface area (Å²) in [5, 5.41) is 0. The summed E-state index contributed by atoms with van der Waals surface area (Å²) in [6.45, 7) is 1.15. The van der Waals surface area contributed by atoms with E-state index in [1.807, 2.05) is 0 Å². The first kappa shape index (κ1) is 17.6. The van der Waals surface area contributed by atoms with Crippen molar-refractivity contribution in [2.75, 3.05) is 0 Å². The van der Waals surface area contributed by atoms with Gasteiger partial charge in [0.2, 0.25) is 0 Å². The van der Waals surface area contributed by atoms with Crippen LogP contribution < -0.4 is 0 Å². The molecule has 120 valence electrons. The second kappa shape index (κ2) is 6.15. The molecule has 21 heavy (non-hydrogen) atoms. The third kappa shape index (κ3) is 4.28. The predicted octanol–water partition coefficient (Wildman–Crippen LogP) is 4.28. The number of aryl methyl sites for hydroxylation is 1. The molecule has 0 aliphatic heterocycles. The predicted molar refractivity (Wildman–Crippen MR) is 58.3 cm³/mol. The van der Waals surface area contributed by atoms with Crippen LogP contribution in [0.2, 0.25) is 0 Å². The van der Waals surface area contributed by atoms with Crippen molar-refractivity contribution < 1.29 is 35.1 Å². The second-order valence-electron chi connectivity index (χ2n) is 4.51. The SMILES string of the molecule is Cc1nccc(CC(F)(F)C(F)F)c1CC(F)(F)C(F)F. The van der Waals surface area contributed by atoms with E-state index in [-0.39, 0.29) is 5.69 Å². The van der Waals surface area contributed by atoms with Gasteiger partial charge in [0.1, 0.15) is 0 Å². The van der Waals surface area contributed by atoms with Crippen molar-refractivity contribution in [3.05, 3.63) is 29.1 Å². The summed E-state index contributed by atoms with van der Waals surface area (Å²) in [4.78, 5) is 3.55. The van der Waals surface area contributed by atoms with E-state index in [1.54, 1.807) is 0 Å². The van der Waals surface area contributed by atoms with Crippen LogP contribution in [0.4, 0.5) is 35.1 Å². The first-order chi connectivity index (χ1) is 9.47. The van der Waals surface area contributed by atoms with Gasteiger partial charge in [0.25, 0.3) is 0 Å². The lowest BCUT2D eigenvalue weighted by Gasteiger charge is -2.21. The van der Waals surface area contributed by atoms with Crippen LogP contribution in [0, 0.1) is 6.92 Å². The van der Waals surface area contributed by atoms with Crippen LogP contribution in [0.1, 0.15) is 16.8 Å². The standard InChI is InChI=1S/C12H11F8N/c1-6-8(5-12(19,20)10(15)16)7(2-3-21-6)4-11(17,18)9(13)14/h2-3,9-10H,4-5H2,1H3. The third-order valence-electron chi connectivity index (χ3n) is 2.85. The minimum absolute atomic E-state index is 0.183. The maximum absolute atomic E-state index is 13.1. The maximum Gasteiger partial charge on any atom is 0.311 e. The Morgan fingerprint density at radius 2 is 1.43 bits per heavy atom. The number of hydrogen-bond donors (Lipinski definition) is 0. The highest BCUT2D eigenvalue weighted by molar-refractivity contribution is 5.32. The summed E-state index contributed by atoms with van der Waals surface area (Å²) in [6.07, 6.45) is -10.1. The molecule has 1 rings (SSSR count). The summed E-state index contributed by atoms with van der Waals surface area (Å²) < 4.78 is 101. The van der Waals surface area contributed by atoms with Crippen molar-refractivity contribution >= 4 is 0 Å². The lowest BCUT2D eigenvalue weighted by atomic mass is 9.96. The lowest BCUT2D eigenvalue weighted by Crippen LogP contribution is -2.32. The Bertz CT molecular complexity index is 486. The van der Waals surface area contributed by atoms with Crippen molar-refractivity contribution in [1.29, 1.82) is 0 Å². The number of nitrogens with zero attached hydrogens (tertiary/aromatic N) is 1. The zero-order valence-corrected chi connectivity index (χ0v) is 10.7. The van der Waals surface area contributed by atoms with E-state index in [1.165, 1.54) is 0 Å². The van der Waals surface area contributed by atoms with Crippen LogP contribution in [0.3, 0.4) is 0 Å². The molecule has 0 saturated heterocycles. The minimum Gasteiger partial charge on any atom is -0.261 e. The molecule has 0 N–H and O–H groups in total. The van der Waals surface area contributed by atoms with Gasteiger partial charge < -0.3 is 0 Å². The molecule has 0 unspecified atom stereocenters. The molecule has 0 atom stereocenters. The van der Waals surface area contributed by atoms with E-state index < -0.39 is 48.7 Å². The molecule has 9 heteroatoms. The van der Waals surface area contributed by atoms with Crippen molar-refractivity contribution in [3.8, 4) is 0 Å². The molecule has 1 aromatic heterocycles. The van der Waals surface area contributed by atoms with Crippen molar-refractivity contribution in [3.63, 3.8) is 0 Å². The zero-order chi connectivity index (χ0) is 16.4. The number of hydrogen-bond acceptors (Lipinski definition) is 1. The Morgan fingerprint density at radius 3 is 1.90 bits per heavy atom. The topological polar surface area (TPSA) is 12.9 Å². The van der Waals surface area contributed by atoms with Gasteiger partial charge in [-0.1, -0.05) is 0 Å². The molecular weight excluding hydrogens is 310 g/mol. The fraction of sp³-hybridized carbons (Fsp3) is 0.583. The third-order valence-corrected chi connectivity index (χ3v) is 2.85. The van der Waals surface area contributed by atoms with Gasteiger partial charge in [-0.2, -0.15) is 17.6 Å². The van der Waals surface area contributed by atoms with Gasteiger partial charge in [0, 0.05) is 24.7 Å². The molecule has 0 fully saturated rings. The van der Waals surface area contributed by atoms with Gasteiger partial charge in [0.15, 0.2) is 0 Å². The minimum atomic E-state index is -4.46. The molecule has 0 aromatic carbocycles. The van der Waals surface area contributed by atoms with Crippen molar-refractivity contribution in [1.82, 2.24) is 4.98 Å². The quantitative estimate of drug-likeness (QED) is 0.713.